The van der Waals surface area contributed by atoms with Crippen molar-refractivity contribution in [1.29, 1.82) is 0 Å². The minimum Gasteiger partial charge on any atom is -0.345 e. The van der Waals surface area contributed by atoms with Gasteiger partial charge >= 0.3 is 6.03 Å². The maximum Gasteiger partial charge on any atom is 0.320 e. The lowest BCUT2D eigenvalue weighted by molar-refractivity contribution is 0.0941. The van der Waals surface area contributed by atoms with E-state index in [0.29, 0.717) is 18.9 Å². The van der Waals surface area contributed by atoms with Crippen molar-refractivity contribution >= 4 is 28.5 Å². The molecule has 0 atom stereocenters. The van der Waals surface area contributed by atoms with E-state index in [9.17, 15) is 9.59 Å². The number of benzene rings is 1. The second-order valence-electron chi connectivity index (χ2n) is 6.73. The quantitative estimate of drug-likeness (QED) is 0.385. The first-order valence-corrected chi connectivity index (χ1v) is 9.80. The van der Waals surface area contributed by atoms with Crippen LogP contribution < -0.4 is 16.0 Å². The van der Waals surface area contributed by atoms with Crippen molar-refractivity contribution in [2.24, 2.45) is 0 Å². The minimum absolute atomic E-state index is 0.254. The predicted octanol–water partition coefficient (Wildman–Crippen LogP) is 3.09. The fourth-order valence-corrected chi connectivity index (χ4v) is 3.27. The zero-order valence-corrected chi connectivity index (χ0v) is 16.8. The number of aromatic nitrogens is 4. The van der Waals surface area contributed by atoms with Crippen LogP contribution in [0.2, 0.25) is 0 Å². The lowest BCUT2D eigenvalue weighted by Gasteiger charge is -2.14. The molecular formula is C22H21N7O2. The molecule has 4 rings (SSSR count). The molecule has 3 heterocycles. The molecule has 0 aliphatic carbocycles. The molecule has 0 aliphatic heterocycles. The average molecular weight is 415 g/mol. The molecule has 0 bridgehead atoms. The topological polar surface area (TPSA) is 125 Å². The second-order valence-corrected chi connectivity index (χ2v) is 6.73. The molecule has 4 N–H and O–H groups in total. The van der Waals surface area contributed by atoms with Gasteiger partial charge in [0.05, 0.1) is 0 Å². The summed E-state index contributed by atoms with van der Waals surface area (Å²) in [7, 11) is 0. The SMILES string of the molecule is CCNC(=O)Nc1cc2c(-c3ccncc3)ccc(CNC(=O)c3ncc[nH]3)c2cn1. The van der Waals surface area contributed by atoms with Crippen LogP contribution in [-0.4, -0.2) is 38.4 Å². The fourth-order valence-electron chi connectivity index (χ4n) is 3.27. The van der Waals surface area contributed by atoms with Crippen LogP contribution in [0.4, 0.5) is 10.6 Å². The van der Waals surface area contributed by atoms with Gasteiger partial charge in [-0.3, -0.25) is 15.1 Å². The van der Waals surface area contributed by atoms with E-state index in [0.717, 1.165) is 27.5 Å². The number of pyridine rings is 2. The highest BCUT2D eigenvalue weighted by Gasteiger charge is 2.13. The molecule has 4 aromatic rings. The fraction of sp³-hybridized carbons (Fsp3) is 0.136. The predicted molar refractivity (Wildman–Crippen MR) is 117 cm³/mol. The first kappa shape index (κ1) is 20.0. The molecular weight excluding hydrogens is 394 g/mol. The third kappa shape index (κ3) is 4.50. The highest BCUT2D eigenvalue weighted by atomic mass is 16.2. The molecule has 0 fully saturated rings. The maximum absolute atomic E-state index is 12.3. The maximum atomic E-state index is 12.3. The van der Waals surface area contributed by atoms with Gasteiger partial charge in [0.2, 0.25) is 0 Å². The van der Waals surface area contributed by atoms with Crippen molar-refractivity contribution in [3.8, 4) is 11.1 Å². The van der Waals surface area contributed by atoms with Gasteiger partial charge in [-0.15, -0.1) is 0 Å². The number of hydrogen-bond acceptors (Lipinski definition) is 5. The van der Waals surface area contributed by atoms with E-state index >= 15 is 0 Å². The highest BCUT2D eigenvalue weighted by molar-refractivity contribution is 6.01. The summed E-state index contributed by atoms with van der Waals surface area (Å²) in [6.45, 7) is 2.66. The number of nitrogens with one attached hydrogen (secondary N) is 4. The second kappa shape index (κ2) is 9.04. The van der Waals surface area contributed by atoms with Crippen LogP contribution in [-0.2, 0) is 6.54 Å². The Morgan fingerprint density at radius 1 is 1.00 bits per heavy atom. The van der Waals surface area contributed by atoms with Gasteiger partial charge in [0.25, 0.3) is 5.91 Å². The van der Waals surface area contributed by atoms with E-state index in [1.165, 1.54) is 6.20 Å². The Kier molecular flexibility index (Phi) is 5.84. The van der Waals surface area contributed by atoms with Gasteiger partial charge in [-0.2, -0.15) is 0 Å². The summed E-state index contributed by atoms with van der Waals surface area (Å²) in [5, 5.41) is 10.1. The number of aromatic amines is 1. The number of urea groups is 1. The zero-order chi connectivity index (χ0) is 21.6. The van der Waals surface area contributed by atoms with Crippen LogP contribution in [0.3, 0.4) is 0 Å². The van der Waals surface area contributed by atoms with E-state index in [-0.39, 0.29) is 17.8 Å². The molecule has 0 radical (unpaired) electrons. The third-order valence-corrected chi connectivity index (χ3v) is 4.71. The summed E-state index contributed by atoms with van der Waals surface area (Å²) in [6, 6.07) is 9.30. The molecule has 0 spiro atoms. The van der Waals surface area contributed by atoms with E-state index in [1.54, 1.807) is 24.8 Å². The molecule has 1 aromatic carbocycles. The molecule has 31 heavy (non-hydrogen) atoms. The molecule has 9 nitrogen and oxygen atoms in total. The molecule has 0 saturated carbocycles. The van der Waals surface area contributed by atoms with Crippen LogP contribution in [0.1, 0.15) is 23.1 Å². The number of hydrogen-bond donors (Lipinski definition) is 4. The molecule has 3 amide bonds. The van der Waals surface area contributed by atoms with Crippen molar-refractivity contribution in [2.75, 3.05) is 11.9 Å². The monoisotopic (exact) mass is 415 g/mol. The Labute approximate surface area is 178 Å². The molecule has 0 unspecified atom stereocenters. The Bertz CT molecular complexity index is 1210. The van der Waals surface area contributed by atoms with Crippen LogP contribution >= 0.6 is 0 Å². The average Bonchev–Trinajstić information content (AvgIpc) is 3.33. The van der Waals surface area contributed by atoms with E-state index in [1.807, 2.05) is 37.3 Å². The van der Waals surface area contributed by atoms with Gasteiger partial charge in [0, 0.05) is 49.5 Å². The largest absolute Gasteiger partial charge is 0.345 e. The number of amides is 3. The number of carbonyl (C=O) groups is 2. The molecule has 3 aromatic heterocycles. The summed E-state index contributed by atoms with van der Waals surface area (Å²) in [5.41, 5.74) is 2.85. The summed E-state index contributed by atoms with van der Waals surface area (Å²) in [6.07, 6.45) is 8.29. The lowest BCUT2D eigenvalue weighted by Crippen LogP contribution is -2.28. The van der Waals surface area contributed by atoms with Crippen LogP contribution in [0, 0.1) is 0 Å². The van der Waals surface area contributed by atoms with Crippen molar-refractivity contribution < 1.29 is 9.59 Å². The van der Waals surface area contributed by atoms with Gasteiger partial charge in [0.15, 0.2) is 5.82 Å². The van der Waals surface area contributed by atoms with E-state index < -0.39 is 0 Å². The smallest absolute Gasteiger partial charge is 0.320 e. The Morgan fingerprint density at radius 2 is 1.84 bits per heavy atom. The van der Waals surface area contributed by atoms with Gasteiger partial charge in [-0.1, -0.05) is 12.1 Å². The summed E-state index contributed by atoms with van der Waals surface area (Å²) < 4.78 is 0. The van der Waals surface area contributed by atoms with Gasteiger partial charge < -0.3 is 15.6 Å². The van der Waals surface area contributed by atoms with E-state index in [4.69, 9.17) is 0 Å². The number of carbonyl (C=O) groups excluding carboxylic acids is 2. The number of H-pyrrole nitrogens is 1. The van der Waals surface area contributed by atoms with E-state index in [2.05, 4.69) is 35.9 Å². The number of fused-ring (bicyclic) bond motifs is 1. The first-order chi connectivity index (χ1) is 15.2. The van der Waals surface area contributed by atoms with Crippen LogP contribution in [0.15, 0.2) is 61.3 Å². The highest BCUT2D eigenvalue weighted by Crippen LogP contribution is 2.31. The number of rotatable bonds is 6. The molecule has 9 heteroatoms. The van der Waals surface area contributed by atoms with Crippen LogP contribution in [0.5, 0.6) is 0 Å². The van der Waals surface area contributed by atoms with Gasteiger partial charge in [-0.25, -0.2) is 14.8 Å². The number of anilines is 1. The third-order valence-electron chi connectivity index (χ3n) is 4.71. The van der Waals surface area contributed by atoms with Crippen molar-refractivity contribution in [1.82, 2.24) is 30.6 Å². The normalized spacial score (nSPS) is 10.6. The van der Waals surface area contributed by atoms with Gasteiger partial charge in [0.1, 0.15) is 5.82 Å². The molecule has 156 valence electrons. The Hall–Kier alpha value is -4.27. The van der Waals surface area contributed by atoms with Crippen molar-refractivity contribution in [2.45, 2.75) is 13.5 Å². The minimum atomic E-state index is -0.318. The first-order valence-electron chi connectivity index (χ1n) is 9.80. The number of nitrogens with zero attached hydrogens (tertiary/aromatic N) is 3. The van der Waals surface area contributed by atoms with Crippen LogP contribution in [0.25, 0.3) is 21.9 Å². The number of imidazole rings is 1. The molecule has 0 saturated heterocycles. The van der Waals surface area contributed by atoms with Gasteiger partial charge in [-0.05, 0) is 47.2 Å². The summed E-state index contributed by atoms with van der Waals surface area (Å²) >= 11 is 0. The standard InChI is InChI=1S/C22H21N7O2/c1-2-24-22(31)29-19-11-17-16(14-5-7-23-8-6-14)4-3-15(18(17)13-27-19)12-28-21(30)20-25-9-10-26-20/h3-11,13H,2,12H2,1H3,(H,25,26)(H,28,30)(H2,24,27,29,31). The lowest BCUT2D eigenvalue weighted by atomic mass is 9.96. The van der Waals surface area contributed by atoms with Crippen molar-refractivity contribution in [3.63, 3.8) is 0 Å². The molecule has 0 aliphatic rings. The Balaban J connectivity index is 1.70. The summed E-state index contributed by atoms with van der Waals surface area (Å²) in [5.74, 6) is 0.397. The Morgan fingerprint density at radius 3 is 2.58 bits per heavy atom. The van der Waals surface area contributed by atoms with Crippen molar-refractivity contribution in [3.05, 3.63) is 72.7 Å². The zero-order valence-electron chi connectivity index (χ0n) is 16.8. The summed E-state index contributed by atoms with van der Waals surface area (Å²) in [4.78, 5) is 39.4.